The Hall–Kier alpha value is -3.49. The van der Waals surface area contributed by atoms with Crippen LogP contribution >= 0.6 is 0 Å². The van der Waals surface area contributed by atoms with Crippen LogP contribution in [-0.2, 0) is 4.79 Å². The van der Waals surface area contributed by atoms with Gasteiger partial charge in [-0.25, -0.2) is 0 Å². The Morgan fingerprint density at radius 1 is 0.974 bits per heavy atom. The normalized spacial score (nSPS) is 29.4. The molecule has 4 aliphatic rings. The first kappa shape index (κ1) is 24.8. The Morgan fingerprint density at radius 2 is 1.63 bits per heavy atom. The van der Waals surface area contributed by atoms with Gasteiger partial charge in [0.1, 0.15) is 5.76 Å². The van der Waals surface area contributed by atoms with Gasteiger partial charge in [0.25, 0.3) is 17.7 Å². The molecule has 6 rings (SSSR count). The molecular formula is C29H34N4O5. The quantitative estimate of drug-likeness (QED) is 0.603. The van der Waals surface area contributed by atoms with Crippen molar-refractivity contribution < 1.29 is 23.7 Å². The van der Waals surface area contributed by atoms with Crippen molar-refractivity contribution in [1.82, 2.24) is 20.3 Å². The van der Waals surface area contributed by atoms with E-state index in [9.17, 15) is 19.2 Å². The van der Waals surface area contributed by atoms with Crippen molar-refractivity contribution in [3.05, 3.63) is 52.9 Å². The molecule has 1 N–H and O–H groups in total. The number of benzene rings is 1. The molecule has 0 radical (unpaired) electrons. The summed E-state index contributed by atoms with van der Waals surface area (Å²) < 4.78 is 5.33. The first-order valence-corrected chi connectivity index (χ1v) is 13.9. The summed E-state index contributed by atoms with van der Waals surface area (Å²) in [5.41, 5.74) is 1.26. The van der Waals surface area contributed by atoms with Gasteiger partial charge in [0, 0.05) is 42.6 Å². The van der Waals surface area contributed by atoms with Gasteiger partial charge in [0.05, 0.1) is 11.1 Å². The number of fused-ring (bicyclic) bond motifs is 1. The number of amides is 4. The second-order valence-electron chi connectivity index (χ2n) is 11.6. The third kappa shape index (κ3) is 4.41. The fourth-order valence-corrected chi connectivity index (χ4v) is 6.41. The van der Waals surface area contributed by atoms with Crippen LogP contribution < -0.4 is 5.32 Å². The molecule has 3 heterocycles. The lowest BCUT2D eigenvalue weighted by molar-refractivity contribution is -0.141. The van der Waals surface area contributed by atoms with Gasteiger partial charge >= 0.3 is 0 Å². The molecule has 0 bridgehead atoms. The van der Waals surface area contributed by atoms with Crippen LogP contribution in [0.5, 0.6) is 0 Å². The Balaban J connectivity index is 1.03. The molecule has 9 heteroatoms. The minimum atomic E-state index is -0.226. The highest BCUT2D eigenvalue weighted by Crippen LogP contribution is 2.40. The molecule has 2 aliphatic heterocycles. The third-order valence-corrected chi connectivity index (χ3v) is 8.88. The summed E-state index contributed by atoms with van der Waals surface area (Å²) in [6.07, 6.45) is 5.44. The highest BCUT2D eigenvalue weighted by Gasteiger charge is 2.43. The molecule has 2 aliphatic carbocycles. The van der Waals surface area contributed by atoms with Crippen LogP contribution in [0.2, 0.25) is 0 Å². The van der Waals surface area contributed by atoms with Crippen LogP contribution in [0, 0.1) is 11.8 Å². The maximum absolute atomic E-state index is 13.5. The van der Waals surface area contributed by atoms with E-state index in [4.69, 9.17) is 4.52 Å². The number of hydrogen-bond donors (Lipinski definition) is 1. The average Bonchev–Trinajstić information content (AvgIpc) is 3.59. The van der Waals surface area contributed by atoms with Crippen LogP contribution in [0.4, 0.5) is 0 Å². The first-order chi connectivity index (χ1) is 18.3. The van der Waals surface area contributed by atoms with Crippen molar-refractivity contribution in [2.75, 3.05) is 6.54 Å². The molecule has 1 aromatic heterocycles. The molecule has 3 atom stereocenters. The number of likely N-dealkylation sites (tertiary alicyclic amines) is 1. The fourth-order valence-electron chi connectivity index (χ4n) is 6.41. The van der Waals surface area contributed by atoms with E-state index in [1.165, 1.54) is 4.90 Å². The summed E-state index contributed by atoms with van der Waals surface area (Å²) in [5.74, 6) is 0.649. The van der Waals surface area contributed by atoms with Gasteiger partial charge in [0.2, 0.25) is 5.91 Å². The number of carbonyl (C=O) groups is 4. The lowest BCUT2D eigenvalue weighted by Gasteiger charge is -2.44. The maximum Gasteiger partial charge on any atom is 0.273 e. The van der Waals surface area contributed by atoms with E-state index in [-0.39, 0.29) is 53.6 Å². The molecule has 3 unspecified atom stereocenters. The predicted molar refractivity (Wildman–Crippen MR) is 137 cm³/mol. The zero-order valence-electron chi connectivity index (χ0n) is 21.9. The highest BCUT2D eigenvalue weighted by atomic mass is 16.5. The van der Waals surface area contributed by atoms with Gasteiger partial charge in [-0.2, -0.15) is 0 Å². The second kappa shape index (κ2) is 9.67. The van der Waals surface area contributed by atoms with E-state index in [0.29, 0.717) is 61.4 Å². The van der Waals surface area contributed by atoms with Gasteiger partial charge in [-0.1, -0.05) is 24.2 Å². The van der Waals surface area contributed by atoms with Crippen molar-refractivity contribution in [3.63, 3.8) is 0 Å². The molecule has 38 heavy (non-hydrogen) atoms. The Labute approximate surface area is 221 Å². The summed E-state index contributed by atoms with van der Waals surface area (Å²) in [6.45, 7) is 4.68. The topological polar surface area (TPSA) is 113 Å². The lowest BCUT2D eigenvalue weighted by atomic mass is 9.82. The summed E-state index contributed by atoms with van der Waals surface area (Å²) in [5, 5.41) is 7.06. The summed E-state index contributed by atoms with van der Waals surface area (Å²) in [4.78, 5) is 55.4. The lowest BCUT2D eigenvalue weighted by Crippen LogP contribution is -2.56. The largest absolute Gasteiger partial charge is 0.360 e. The number of carbonyl (C=O) groups excluding carboxylic acids is 4. The first-order valence-electron chi connectivity index (χ1n) is 13.9. The van der Waals surface area contributed by atoms with Crippen LogP contribution in [0.25, 0.3) is 0 Å². The zero-order valence-corrected chi connectivity index (χ0v) is 21.9. The van der Waals surface area contributed by atoms with E-state index < -0.39 is 0 Å². The molecule has 3 fully saturated rings. The maximum atomic E-state index is 13.5. The van der Waals surface area contributed by atoms with Gasteiger partial charge < -0.3 is 14.7 Å². The second-order valence-corrected chi connectivity index (χ2v) is 11.6. The van der Waals surface area contributed by atoms with Crippen molar-refractivity contribution >= 4 is 23.6 Å². The number of nitrogens with zero attached hydrogens (tertiary/aromatic N) is 3. The Morgan fingerprint density at radius 3 is 2.26 bits per heavy atom. The molecule has 9 nitrogen and oxygen atoms in total. The van der Waals surface area contributed by atoms with Crippen molar-refractivity contribution in [2.45, 2.75) is 82.8 Å². The summed E-state index contributed by atoms with van der Waals surface area (Å²) >= 11 is 0. The summed E-state index contributed by atoms with van der Waals surface area (Å²) in [7, 11) is 0. The molecule has 200 valence electrons. The molecule has 1 aromatic carbocycles. The minimum Gasteiger partial charge on any atom is -0.360 e. The predicted octanol–water partition coefficient (Wildman–Crippen LogP) is 3.76. The van der Waals surface area contributed by atoms with Gasteiger partial charge in [0.15, 0.2) is 5.69 Å². The van der Waals surface area contributed by atoms with Crippen LogP contribution in [-0.4, -0.2) is 63.3 Å². The zero-order chi connectivity index (χ0) is 26.6. The van der Waals surface area contributed by atoms with Crippen molar-refractivity contribution in [2.24, 2.45) is 11.8 Å². The molecule has 2 saturated carbocycles. The van der Waals surface area contributed by atoms with Crippen molar-refractivity contribution in [1.29, 1.82) is 0 Å². The van der Waals surface area contributed by atoms with Crippen molar-refractivity contribution in [3.8, 4) is 0 Å². The van der Waals surface area contributed by atoms with Crippen LogP contribution in [0.1, 0.15) is 102 Å². The number of hydrogen-bond acceptors (Lipinski definition) is 6. The highest BCUT2D eigenvalue weighted by molar-refractivity contribution is 6.21. The fraction of sp³-hybridized carbons (Fsp3) is 0.552. The van der Waals surface area contributed by atoms with Gasteiger partial charge in [-0.15, -0.1) is 0 Å². The number of nitrogens with one attached hydrogen (secondary N) is 1. The standard InChI is InChI=1S/C29H34N4O5/c1-16-15-32(17(2)13-23(16)30-26(34)24-14-25(38-31-24)18-7-8-18)27(35)19-9-11-20(12-10-19)33-28(36)21-5-3-4-6-22(21)29(33)37/h3-6,14,16-20,23H,7-13,15H2,1-2H3,(H,30,34)/t16?,17?,19-,20-,23?. The number of aromatic nitrogens is 1. The average molecular weight is 519 g/mol. The Kier molecular flexibility index (Phi) is 6.32. The molecule has 2 aromatic rings. The monoisotopic (exact) mass is 518 g/mol. The SMILES string of the molecule is CC1CN(C(=O)[C@H]2CC[C@H](N3C(=O)c4ccccc4C3=O)CC2)C(C)CC1NC(=O)c1cc(C2CC2)on1. The van der Waals surface area contributed by atoms with E-state index in [1.807, 2.05) is 11.8 Å². The molecule has 1 saturated heterocycles. The van der Waals surface area contributed by atoms with E-state index >= 15 is 0 Å². The summed E-state index contributed by atoms with van der Waals surface area (Å²) in [6, 6.07) is 8.49. The minimum absolute atomic E-state index is 0.00251. The van der Waals surface area contributed by atoms with Gasteiger partial charge in [-0.05, 0) is 69.9 Å². The van der Waals surface area contributed by atoms with E-state index in [2.05, 4.69) is 17.4 Å². The van der Waals surface area contributed by atoms with Crippen LogP contribution in [0.15, 0.2) is 34.9 Å². The molecule has 4 amide bonds. The Bertz CT molecular complexity index is 1240. The molecular weight excluding hydrogens is 484 g/mol. The van der Waals surface area contributed by atoms with Gasteiger partial charge in [-0.3, -0.25) is 24.1 Å². The number of rotatable bonds is 5. The number of piperidine rings is 1. The van der Waals surface area contributed by atoms with Crippen LogP contribution in [0.3, 0.4) is 0 Å². The smallest absolute Gasteiger partial charge is 0.273 e. The number of imide groups is 1. The molecule has 0 spiro atoms. The third-order valence-electron chi connectivity index (χ3n) is 8.88. The van der Waals surface area contributed by atoms with E-state index in [0.717, 1.165) is 18.6 Å². The van der Waals surface area contributed by atoms with E-state index in [1.54, 1.807) is 30.3 Å².